The van der Waals surface area contributed by atoms with Crippen LogP contribution in [-0.4, -0.2) is 32.9 Å². The number of hydrogen-bond acceptors (Lipinski definition) is 5. The van der Waals surface area contributed by atoms with Crippen LogP contribution >= 0.6 is 0 Å². The molecule has 27 heavy (non-hydrogen) atoms. The Bertz CT molecular complexity index is 793. The van der Waals surface area contributed by atoms with Crippen LogP contribution in [0, 0.1) is 0 Å². The molecule has 1 amide bonds. The molecule has 0 fully saturated rings. The van der Waals surface area contributed by atoms with Gasteiger partial charge in [0.25, 0.3) is 5.91 Å². The van der Waals surface area contributed by atoms with Gasteiger partial charge >= 0.3 is 0 Å². The predicted octanol–water partition coefficient (Wildman–Crippen LogP) is 3.53. The van der Waals surface area contributed by atoms with Gasteiger partial charge in [0, 0.05) is 5.56 Å². The lowest BCUT2D eigenvalue weighted by atomic mass is 9.87. The van der Waals surface area contributed by atoms with Gasteiger partial charge in [0.15, 0.2) is 18.1 Å². The highest BCUT2D eigenvalue weighted by Gasteiger charge is 2.13. The van der Waals surface area contributed by atoms with Gasteiger partial charge in [-0.25, -0.2) is 5.43 Å². The molecule has 0 saturated carbocycles. The second-order valence-corrected chi connectivity index (χ2v) is 6.94. The summed E-state index contributed by atoms with van der Waals surface area (Å²) in [6, 6.07) is 13.1. The average Bonchev–Trinajstić information content (AvgIpc) is 2.65. The average molecular weight is 370 g/mol. The molecule has 1 N–H and O–H groups in total. The minimum Gasteiger partial charge on any atom is -0.493 e. The van der Waals surface area contributed by atoms with Crippen molar-refractivity contribution >= 4 is 12.1 Å². The fraction of sp³-hybridized carbons (Fsp3) is 0.333. The molecule has 0 radical (unpaired) electrons. The standard InChI is InChI=1S/C21H26N2O4/c1-21(2,3)16-9-11-17(12-10-16)27-14-19(24)23-22-13-15-7-6-8-18(25-4)20(15)26-5/h6-13H,14H2,1-5H3,(H,23,24). The fourth-order valence-electron chi connectivity index (χ4n) is 2.42. The zero-order chi connectivity index (χ0) is 19.9. The van der Waals surface area contributed by atoms with E-state index in [9.17, 15) is 4.79 Å². The highest BCUT2D eigenvalue weighted by atomic mass is 16.5. The number of amides is 1. The smallest absolute Gasteiger partial charge is 0.277 e. The number of nitrogens with zero attached hydrogens (tertiary/aromatic N) is 1. The number of para-hydroxylation sites is 1. The number of ether oxygens (including phenoxy) is 3. The number of nitrogens with one attached hydrogen (secondary N) is 1. The van der Waals surface area contributed by atoms with E-state index in [1.807, 2.05) is 36.4 Å². The Morgan fingerprint density at radius 2 is 1.78 bits per heavy atom. The molecule has 0 bridgehead atoms. The van der Waals surface area contributed by atoms with Gasteiger partial charge in [0.1, 0.15) is 5.75 Å². The van der Waals surface area contributed by atoms with Crippen molar-refractivity contribution in [1.82, 2.24) is 5.43 Å². The summed E-state index contributed by atoms with van der Waals surface area (Å²) in [5, 5.41) is 3.94. The lowest BCUT2D eigenvalue weighted by Gasteiger charge is -2.19. The third-order valence-corrected chi connectivity index (χ3v) is 3.92. The van der Waals surface area contributed by atoms with Crippen LogP contribution in [0.4, 0.5) is 0 Å². The molecular weight excluding hydrogens is 344 g/mol. The van der Waals surface area contributed by atoms with Crippen molar-refractivity contribution in [2.45, 2.75) is 26.2 Å². The van der Waals surface area contributed by atoms with E-state index in [0.29, 0.717) is 22.8 Å². The Balaban J connectivity index is 1.89. The van der Waals surface area contributed by atoms with Gasteiger partial charge in [-0.3, -0.25) is 4.79 Å². The molecular formula is C21H26N2O4. The molecule has 6 heteroatoms. The first-order valence-corrected chi connectivity index (χ1v) is 8.61. The van der Waals surface area contributed by atoms with Crippen molar-refractivity contribution in [1.29, 1.82) is 0 Å². The minimum atomic E-state index is -0.354. The molecule has 0 saturated heterocycles. The van der Waals surface area contributed by atoms with E-state index >= 15 is 0 Å². The lowest BCUT2D eigenvalue weighted by Crippen LogP contribution is -2.24. The van der Waals surface area contributed by atoms with Gasteiger partial charge in [0.05, 0.1) is 20.4 Å². The summed E-state index contributed by atoms with van der Waals surface area (Å²) in [6.07, 6.45) is 1.50. The molecule has 0 atom stereocenters. The minimum absolute atomic E-state index is 0.0752. The monoisotopic (exact) mass is 370 g/mol. The second-order valence-electron chi connectivity index (χ2n) is 6.94. The van der Waals surface area contributed by atoms with Crippen LogP contribution in [-0.2, 0) is 10.2 Å². The first kappa shape index (κ1) is 20.3. The van der Waals surface area contributed by atoms with Crippen molar-refractivity contribution in [3.8, 4) is 17.2 Å². The zero-order valence-electron chi connectivity index (χ0n) is 16.4. The maximum atomic E-state index is 11.9. The molecule has 0 spiro atoms. The largest absolute Gasteiger partial charge is 0.493 e. The van der Waals surface area contributed by atoms with Gasteiger partial charge in [-0.1, -0.05) is 39.0 Å². The van der Waals surface area contributed by atoms with Crippen LogP contribution < -0.4 is 19.6 Å². The Morgan fingerprint density at radius 3 is 2.37 bits per heavy atom. The van der Waals surface area contributed by atoms with Crippen LogP contribution in [0.25, 0.3) is 0 Å². The quantitative estimate of drug-likeness (QED) is 0.598. The number of carbonyl (C=O) groups is 1. The lowest BCUT2D eigenvalue weighted by molar-refractivity contribution is -0.123. The molecule has 2 aromatic rings. The molecule has 0 aliphatic carbocycles. The summed E-state index contributed by atoms with van der Waals surface area (Å²) in [7, 11) is 3.11. The summed E-state index contributed by atoms with van der Waals surface area (Å²) < 4.78 is 16.0. The summed E-state index contributed by atoms with van der Waals surface area (Å²) in [6.45, 7) is 6.31. The third-order valence-electron chi connectivity index (χ3n) is 3.92. The van der Waals surface area contributed by atoms with Crippen molar-refractivity contribution in [2.75, 3.05) is 20.8 Å². The number of hydrazone groups is 1. The zero-order valence-corrected chi connectivity index (χ0v) is 16.4. The van der Waals surface area contributed by atoms with Crippen LogP contribution in [0.1, 0.15) is 31.9 Å². The highest BCUT2D eigenvalue weighted by Crippen LogP contribution is 2.29. The second kappa shape index (κ2) is 9.07. The fourth-order valence-corrected chi connectivity index (χ4v) is 2.42. The number of rotatable bonds is 7. The van der Waals surface area contributed by atoms with Gasteiger partial charge in [-0.15, -0.1) is 0 Å². The van der Waals surface area contributed by atoms with E-state index in [-0.39, 0.29) is 17.9 Å². The summed E-state index contributed by atoms with van der Waals surface area (Å²) in [5.74, 6) is 1.42. The summed E-state index contributed by atoms with van der Waals surface area (Å²) >= 11 is 0. The molecule has 0 aromatic heterocycles. The maximum absolute atomic E-state index is 11.9. The summed E-state index contributed by atoms with van der Waals surface area (Å²) in [4.78, 5) is 11.9. The van der Waals surface area contributed by atoms with E-state index < -0.39 is 0 Å². The molecule has 144 valence electrons. The molecule has 6 nitrogen and oxygen atoms in total. The molecule has 0 aliphatic heterocycles. The van der Waals surface area contributed by atoms with Crippen molar-refractivity contribution in [2.24, 2.45) is 5.10 Å². The molecule has 2 rings (SSSR count). The first-order chi connectivity index (χ1) is 12.8. The first-order valence-electron chi connectivity index (χ1n) is 8.61. The molecule has 0 unspecified atom stereocenters. The van der Waals surface area contributed by atoms with Gasteiger partial charge in [-0.2, -0.15) is 5.10 Å². The Kier molecular flexibility index (Phi) is 6.82. The molecule has 2 aromatic carbocycles. The maximum Gasteiger partial charge on any atom is 0.277 e. The van der Waals surface area contributed by atoms with Gasteiger partial charge in [-0.05, 0) is 35.2 Å². The van der Waals surface area contributed by atoms with Gasteiger partial charge in [0.2, 0.25) is 0 Å². The van der Waals surface area contributed by atoms with Crippen LogP contribution in [0.2, 0.25) is 0 Å². The number of carbonyl (C=O) groups excluding carboxylic acids is 1. The van der Waals surface area contributed by atoms with Crippen LogP contribution in [0.5, 0.6) is 17.2 Å². The Hall–Kier alpha value is -3.02. The number of methoxy groups -OCH3 is 2. The SMILES string of the molecule is COc1cccc(C=NNC(=O)COc2ccc(C(C)(C)C)cc2)c1OC. The van der Waals surface area contributed by atoms with Crippen molar-refractivity contribution in [3.63, 3.8) is 0 Å². The van der Waals surface area contributed by atoms with Crippen molar-refractivity contribution < 1.29 is 19.0 Å². The van der Waals surface area contributed by atoms with Gasteiger partial charge < -0.3 is 14.2 Å². The van der Waals surface area contributed by atoms with E-state index in [2.05, 4.69) is 31.3 Å². The topological polar surface area (TPSA) is 69.2 Å². The molecule has 0 aliphatic rings. The van der Waals surface area contributed by atoms with E-state index in [1.165, 1.54) is 11.8 Å². The number of benzene rings is 2. The van der Waals surface area contributed by atoms with Crippen LogP contribution in [0.15, 0.2) is 47.6 Å². The normalized spacial score (nSPS) is 11.3. The van der Waals surface area contributed by atoms with E-state index in [0.717, 1.165) is 0 Å². The van der Waals surface area contributed by atoms with Crippen LogP contribution in [0.3, 0.4) is 0 Å². The third kappa shape index (κ3) is 5.74. The Labute approximate surface area is 160 Å². The molecule has 0 heterocycles. The Morgan fingerprint density at radius 1 is 1.07 bits per heavy atom. The summed E-state index contributed by atoms with van der Waals surface area (Å²) in [5.41, 5.74) is 4.41. The predicted molar refractivity (Wildman–Crippen MR) is 106 cm³/mol. The van der Waals surface area contributed by atoms with E-state index in [1.54, 1.807) is 20.3 Å². The van der Waals surface area contributed by atoms with Crippen molar-refractivity contribution in [3.05, 3.63) is 53.6 Å². The van der Waals surface area contributed by atoms with E-state index in [4.69, 9.17) is 14.2 Å². The highest BCUT2D eigenvalue weighted by molar-refractivity contribution is 5.86. The number of hydrogen-bond donors (Lipinski definition) is 1.